The second-order valence-electron chi connectivity index (χ2n) is 2.40. The Labute approximate surface area is 67.8 Å². The largest absolute Gasteiger partial charge is 0.463 e. The number of fused-ring (bicyclic) bond motifs is 1. The number of ether oxygens (including phenoxy) is 1. The van der Waals surface area contributed by atoms with Gasteiger partial charge in [-0.15, -0.1) is 0 Å². The Hall–Kier alpha value is -1.83. The predicted molar refractivity (Wildman–Crippen MR) is 38.7 cm³/mol. The normalized spacial score (nSPS) is 13.2. The van der Waals surface area contributed by atoms with Gasteiger partial charge in [-0.05, 0) is 0 Å². The van der Waals surface area contributed by atoms with Gasteiger partial charge >= 0.3 is 0 Å². The maximum absolute atomic E-state index is 11.0. The number of nitriles is 1. The molecule has 1 aliphatic rings. The first-order valence-corrected chi connectivity index (χ1v) is 3.45. The summed E-state index contributed by atoms with van der Waals surface area (Å²) in [7, 11) is 0. The van der Waals surface area contributed by atoms with Crippen molar-refractivity contribution in [3.05, 3.63) is 22.1 Å². The van der Waals surface area contributed by atoms with Crippen LogP contribution in [-0.4, -0.2) is 16.2 Å². The number of nitrogens with zero attached hydrogens (tertiary/aromatic N) is 3. The fraction of sp³-hybridized carbons (Fsp3) is 0.286. The summed E-state index contributed by atoms with van der Waals surface area (Å²) in [5, 5.41) is 8.51. The van der Waals surface area contributed by atoms with Crippen molar-refractivity contribution in [1.29, 1.82) is 5.26 Å². The Morgan fingerprint density at radius 2 is 2.58 bits per heavy atom. The van der Waals surface area contributed by atoms with Gasteiger partial charge in [0.05, 0.1) is 6.54 Å². The van der Waals surface area contributed by atoms with Crippen molar-refractivity contribution in [2.24, 2.45) is 0 Å². The third kappa shape index (κ3) is 0.855. The molecule has 1 aliphatic heterocycles. The van der Waals surface area contributed by atoms with Gasteiger partial charge in [-0.25, -0.2) is 0 Å². The SMILES string of the molecule is N#Cc1cn2c(nc1=O)OCC2. The van der Waals surface area contributed by atoms with Gasteiger partial charge in [0.25, 0.3) is 11.6 Å². The molecule has 0 N–H and O–H groups in total. The van der Waals surface area contributed by atoms with Crippen molar-refractivity contribution in [3.8, 4) is 12.1 Å². The summed E-state index contributed by atoms with van der Waals surface area (Å²) in [5.41, 5.74) is -0.463. The number of aromatic nitrogens is 2. The average Bonchev–Trinajstić information content (AvgIpc) is 2.49. The smallest absolute Gasteiger partial charge is 0.299 e. The minimum Gasteiger partial charge on any atom is -0.463 e. The van der Waals surface area contributed by atoms with Gasteiger partial charge in [-0.3, -0.25) is 9.36 Å². The van der Waals surface area contributed by atoms with Crippen LogP contribution in [0.25, 0.3) is 0 Å². The van der Waals surface area contributed by atoms with Crippen LogP contribution in [0.4, 0.5) is 0 Å². The Morgan fingerprint density at radius 1 is 1.75 bits per heavy atom. The fourth-order valence-corrected chi connectivity index (χ4v) is 1.06. The van der Waals surface area contributed by atoms with Crippen molar-refractivity contribution >= 4 is 0 Å². The van der Waals surface area contributed by atoms with Crippen LogP contribution in [0.5, 0.6) is 6.01 Å². The number of hydrogen-bond acceptors (Lipinski definition) is 4. The topological polar surface area (TPSA) is 67.9 Å². The van der Waals surface area contributed by atoms with Crippen LogP contribution < -0.4 is 10.3 Å². The van der Waals surface area contributed by atoms with Gasteiger partial charge < -0.3 is 4.74 Å². The molecule has 2 rings (SSSR count). The predicted octanol–water partition coefficient (Wildman–Crippen LogP) is -0.493. The van der Waals surface area contributed by atoms with Crippen LogP contribution in [-0.2, 0) is 6.54 Å². The van der Waals surface area contributed by atoms with E-state index in [1.54, 1.807) is 10.6 Å². The molecule has 0 unspecified atom stereocenters. The highest BCUT2D eigenvalue weighted by Crippen LogP contribution is 2.11. The van der Waals surface area contributed by atoms with Crippen molar-refractivity contribution in [2.45, 2.75) is 6.54 Å². The van der Waals surface area contributed by atoms with E-state index in [9.17, 15) is 4.79 Å². The first kappa shape index (κ1) is 6.85. The van der Waals surface area contributed by atoms with E-state index in [0.29, 0.717) is 19.2 Å². The second-order valence-corrected chi connectivity index (χ2v) is 2.40. The van der Waals surface area contributed by atoms with Crippen molar-refractivity contribution in [3.63, 3.8) is 0 Å². The minimum absolute atomic E-state index is 0.0595. The fourth-order valence-electron chi connectivity index (χ4n) is 1.06. The first-order valence-electron chi connectivity index (χ1n) is 3.45. The monoisotopic (exact) mass is 163 g/mol. The zero-order chi connectivity index (χ0) is 8.55. The zero-order valence-electron chi connectivity index (χ0n) is 6.15. The van der Waals surface area contributed by atoms with E-state index in [-0.39, 0.29) is 5.56 Å². The molecule has 2 heterocycles. The molecule has 0 saturated heterocycles. The molecule has 1 aromatic rings. The molecule has 0 bridgehead atoms. The maximum Gasteiger partial charge on any atom is 0.299 e. The van der Waals surface area contributed by atoms with E-state index in [0.717, 1.165) is 0 Å². The van der Waals surface area contributed by atoms with Crippen LogP contribution >= 0.6 is 0 Å². The Balaban J connectivity index is 2.67. The molecule has 60 valence electrons. The van der Waals surface area contributed by atoms with Crippen LogP contribution in [0.3, 0.4) is 0 Å². The first-order chi connectivity index (χ1) is 5.81. The van der Waals surface area contributed by atoms with Crippen LogP contribution in [0.2, 0.25) is 0 Å². The van der Waals surface area contributed by atoms with E-state index in [1.165, 1.54) is 6.20 Å². The standard InChI is InChI=1S/C7H5N3O2/c8-3-5-4-10-1-2-12-7(10)9-6(5)11/h4H,1-2H2. The van der Waals surface area contributed by atoms with Gasteiger partial charge in [-0.2, -0.15) is 10.2 Å². The molecule has 0 aliphatic carbocycles. The van der Waals surface area contributed by atoms with Crippen LogP contribution in [0.1, 0.15) is 5.56 Å². The highest BCUT2D eigenvalue weighted by atomic mass is 16.5. The summed E-state index contributed by atoms with van der Waals surface area (Å²) >= 11 is 0. The Kier molecular flexibility index (Phi) is 1.34. The lowest BCUT2D eigenvalue weighted by atomic mass is 10.4. The van der Waals surface area contributed by atoms with Gasteiger partial charge in [-0.1, -0.05) is 0 Å². The minimum atomic E-state index is -0.523. The molecular formula is C7H5N3O2. The lowest BCUT2D eigenvalue weighted by Gasteiger charge is -1.97. The third-order valence-corrected chi connectivity index (χ3v) is 1.64. The number of rotatable bonds is 0. The highest BCUT2D eigenvalue weighted by molar-refractivity contribution is 5.24. The molecule has 5 nitrogen and oxygen atoms in total. The summed E-state index contributed by atoms with van der Waals surface area (Å²) in [4.78, 5) is 14.6. The molecule has 0 atom stereocenters. The summed E-state index contributed by atoms with van der Waals surface area (Å²) in [6, 6.07) is 2.08. The molecule has 1 aromatic heterocycles. The molecule has 0 spiro atoms. The molecule has 0 aromatic carbocycles. The van der Waals surface area contributed by atoms with Gasteiger partial charge in [0.15, 0.2) is 0 Å². The molecule has 0 fully saturated rings. The van der Waals surface area contributed by atoms with Gasteiger partial charge in [0.2, 0.25) is 0 Å². The Morgan fingerprint density at radius 3 is 3.33 bits per heavy atom. The van der Waals surface area contributed by atoms with Gasteiger partial charge in [0, 0.05) is 6.20 Å². The van der Waals surface area contributed by atoms with E-state index in [2.05, 4.69) is 4.98 Å². The van der Waals surface area contributed by atoms with Crippen molar-refractivity contribution in [1.82, 2.24) is 9.55 Å². The summed E-state index contributed by atoms with van der Waals surface area (Å²) in [6.07, 6.45) is 1.47. The van der Waals surface area contributed by atoms with E-state index >= 15 is 0 Å². The van der Waals surface area contributed by atoms with E-state index in [1.807, 2.05) is 0 Å². The molecule has 5 heteroatoms. The molecule has 0 saturated carbocycles. The zero-order valence-corrected chi connectivity index (χ0v) is 6.15. The summed E-state index contributed by atoms with van der Waals surface area (Å²) in [6.45, 7) is 1.17. The van der Waals surface area contributed by atoms with Crippen molar-refractivity contribution in [2.75, 3.05) is 6.61 Å². The lowest BCUT2D eigenvalue weighted by Crippen LogP contribution is -2.13. The quantitative estimate of drug-likeness (QED) is 0.517. The second kappa shape index (κ2) is 2.34. The van der Waals surface area contributed by atoms with Gasteiger partial charge in [0.1, 0.15) is 18.2 Å². The third-order valence-electron chi connectivity index (χ3n) is 1.64. The lowest BCUT2D eigenvalue weighted by molar-refractivity contribution is 0.343. The van der Waals surface area contributed by atoms with Crippen molar-refractivity contribution < 1.29 is 4.74 Å². The molecule has 12 heavy (non-hydrogen) atoms. The highest BCUT2D eigenvalue weighted by Gasteiger charge is 2.13. The molecular weight excluding hydrogens is 158 g/mol. The maximum atomic E-state index is 11.0. The van der Waals surface area contributed by atoms with E-state index < -0.39 is 5.56 Å². The molecule has 0 amide bonds. The van der Waals surface area contributed by atoms with Crippen LogP contribution in [0, 0.1) is 11.3 Å². The van der Waals surface area contributed by atoms with E-state index in [4.69, 9.17) is 10.00 Å². The summed E-state index contributed by atoms with van der Waals surface area (Å²) < 4.78 is 6.67. The number of hydrogen-bond donors (Lipinski definition) is 0. The molecule has 0 radical (unpaired) electrons. The van der Waals surface area contributed by atoms with Crippen LogP contribution in [0.15, 0.2) is 11.0 Å². The Bertz CT molecular complexity index is 416. The summed E-state index contributed by atoms with van der Waals surface area (Å²) in [5.74, 6) is 0. The average molecular weight is 163 g/mol.